The Bertz CT molecular complexity index is 264. The summed E-state index contributed by atoms with van der Waals surface area (Å²) in [7, 11) is 1.96. The second kappa shape index (κ2) is 8.25. The Kier molecular flexibility index (Phi) is 6.77. The zero-order valence-electron chi connectivity index (χ0n) is 10.3. The molecule has 0 bridgehead atoms. The number of nitrogens with zero attached hydrogens (tertiary/aromatic N) is 1. The van der Waals surface area contributed by atoms with E-state index in [-0.39, 0.29) is 0 Å². The van der Waals surface area contributed by atoms with Gasteiger partial charge in [-0.15, -0.1) is 0 Å². The molecule has 1 unspecified atom stereocenters. The van der Waals surface area contributed by atoms with Crippen LogP contribution in [0.3, 0.4) is 0 Å². The maximum atomic E-state index is 5.78. The molecule has 0 amide bonds. The molecule has 0 spiro atoms. The van der Waals surface area contributed by atoms with Gasteiger partial charge in [0.25, 0.3) is 0 Å². The fourth-order valence-corrected chi connectivity index (χ4v) is 1.62. The Morgan fingerprint density at radius 1 is 1.38 bits per heavy atom. The highest BCUT2D eigenvalue weighted by atomic mass is 16.5. The Labute approximate surface area is 98.2 Å². The third-order valence-corrected chi connectivity index (χ3v) is 2.60. The van der Waals surface area contributed by atoms with Crippen molar-refractivity contribution in [1.82, 2.24) is 10.3 Å². The van der Waals surface area contributed by atoms with E-state index in [0.29, 0.717) is 6.10 Å². The first-order valence-corrected chi connectivity index (χ1v) is 6.02. The summed E-state index contributed by atoms with van der Waals surface area (Å²) < 4.78 is 5.78. The Morgan fingerprint density at radius 2 is 2.12 bits per heavy atom. The maximum Gasteiger partial charge on any atom is 0.0696 e. The molecule has 1 heterocycles. The second-order valence-corrected chi connectivity index (χ2v) is 3.92. The highest BCUT2D eigenvalue weighted by Crippen LogP contribution is 2.03. The van der Waals surface area contributed by atoms with E-state index in [2.05, 4.69) is 29.4 Å². The van der Waals surface area contributed by atoms with Crippen LogP contribution in [-0.4, -0.2) is 31.3 Å². The maximum absolute atomic E-state index is 5.78. The monoisotopic (exact) mass is 222 g/mol. The molecule has 1 N–H and O–H groups in total. The fourth-order valence-electron chi connectivity index (χ4n) is 1.62. The van der Waals surface area contributed by atoms with Crippen LogP contribution >= 0.6 is 0 Å². The van der Waals surface area contributed by atoms with Crippen LogP contribution in [0.2, 0.25) is 0 Å². The molecule has 1 aromatic heterocycles. The number of hydrogen-bond acceptors (Lipinski definition) is 3. The van der Waals surface area contributed by atoms with Crippen LogP contribution in [0.15, 0.2) is 24.5 Å². The molecule has 0 aliphatic rings. The third kappa shape index (κ3) is 5.24. The van der Waals surface area contributed by atoms with Crippen LogP contribution in [0.4, 0.5) is 0 Å². The largest absolute Gasteiger partial charge is 0.377 e. The predicted molar refractivity (Wildman–Crippen MR) is 66.5 cm³/mol. The fraction of sp³-hybridized carbons (Fsp3) is 0.615. The molecule has 90 valence electrons. The first-order chi connectivity index (χ1) is 7.86. The minimum absolute atomic E-state index is 0.349. The number of likely N-dealkylation sites (N-methyl/N-ethyl adjacent to an activating group) is 1. The van der Waals surface area contributed by atoms with Crippen molar-refractivity contribution in [3.63, 3.8) is 0 Å². The molecule has 0 saturated carbocycles. The molecule has 3 heteroatoms. The van der Waals surface area contributed by atoms with Crippen molar-refractivity contribution in [2.24, 2.45) is 0 Å². The van der Waals surface area contributed by atoms with Crippen molar-refractivity contribution in [2.45, 2.75) is 32.3 Å². The summed E-state index contributed by atoms with van der Waals surface area (Å²) in [6.45, 7) is 3.93. The van der Waals surface area contributed by atoms with E-state index in [0.717, 1.165) is 32.4 Å². The number of aryl methyl sites for hydroxylation is 1. The van der Waals surface area contributed by atoms with Crippen LogP contribution in [0.1, 0.15) is 25.3 Å². The number of ether oxygens (including phenoxy) is 1. The molecular weight excluding hydrogens is 200 g/mol. The zero-order chi connectivity index (χ0) is 11.6. The zero-order valence-corrected chi connectivity index (χ0v) is 10.3. The summed E-state index contributed by atoms with van der Waals surface area (Å²) in [6.07, 6.45) is 7.24. The normalized spacial score (nSPS) is 12.6. The Balaban J connectivity index is 2.11. The van der Waals surface area contributed by atoms with Crippen molar-refractivity contribution in [2.75, 3.05) is 20.2 Å². The van der Waals surface area contributed by atoms with Gasteiger partial charge in [0.1, 0.15) is 0 Å². The van der Waals surface area contributed by atoms with Gasteiger partial charge in [-0.2, -0.15) is 0 Å². The smallest absolute Gasteiger partial charge is 0.0696 e. The lowest BCUT2D eigenvalue weighted by molar-refractivity contribution is 0.0506. The number of aromatic nitrogens is 1. The lowest BCUT2D eigenvalue weighted by Gasteiger charge is -2.15. The molecular formula is C13H22N2O. The first-order valence-electron chi connectivity index (χ1n) is 6.02. The van der Waals surface area contributed by atoms with Crippen LogP contribution < -0.4 is 5.32 Å². The molecule has 3 nitrogen and oxygen atoms in total. The van der Waals surface area contributed by atoms with Crippen LogP contribution in [-0.2, 0) is 11.2 Å². The van der Waals surface area contributed by atoms with Gasteiger partial charge in [-0.1, -0.05) is 6.92 Å². The summed E-state index contributed by atoms with van der Waals surface area (Å²) in [4.78, 5) is 4.00. The average Bonchev–Trinajstić information content (AvgIpc) is 2.34. The number of nitrogens with one attached hydrogen (secondary N) is 1. The van der Waals surface area contributed by atoms with E-state index in [1.165, 1.54) is 5.56 Å². The number of rotatable bonds is 8. The number of pyridine rings is 1. The van der Waals surface area contributed by atoms with Crippen molar-refractivity contribution in [3.8, 4) is 0 Å². The van der Waals surface area contributed by atoms with Gasteiger partial charge in [-0.05, 0) is 44.0 Å². The molecule has 0 radical (unpaired) electrons. The summed E-state index contributed by atoms with van der Waals surface area (Å²) >= 11 is 0. The van der Waals surface area contributed by atoms with E-state index in [4.69, 9.17) is 4.74 Å². The van der Waals surface area contributed by atoms with Gasteiger partial charge < -0.3 is 10.1 Å². The van der Waals surface area contributed by atoms with Crippen molar-refractivity contribution in [1.29, 1.82) is 0 Å². The van der Waals surface area contributed by atoms with Gasteiger partial charge in [0.15, 0.2) is 0 Å². The molecule has 0 aliphatic heterocycles. The van der Waals surface area contributed by atoms with Crippen molar-refractivity contribution < 1.29 is 4.74 Å². The van der Waals surface area contributed by atoms with E-state index in [1.54, 1.807) is 0 Å². The van der Waals surface area contributed by atoms with Crippen molar-refractivity contribution in [3.05, 3.63) is 30.1 Å². The van der Waals surface area contributed by atoms with Crippen LogP contribution in [0.25, 0.3) is 0 Å². The first kappa shape index (κ1) is 13.1. The SMILES string of the molecule is CCC(CNC)OCCCc1ccncc1. The van der Waals surface area contributed by atoms with Gasteiger partial charge in [-0.3, -0.25) is 4.98 Å². The predicted octanol–water partition coefficient (Wildman–Crippen LogP) is 2.03. The minimum atomic E-state index is 0.349. The molecule has 1 atom stereocenters. The van der Waals surface area contributed by atoms with Crippen LogP contribution in [0, 0.1) is 0 Å². The summed E-state index contributed by atoms with van der Waals surface area (Å²) in [5.41, 5.74) is 1.33. The standard InChI is InChI=1S/C13H22N2O/c1-3-13(11-14-2)16-10-4-5-12-6-8-15-9-7-12/h6-9,13-14H,3-5,10-11H2,1-2H3. The van der Waals surface area contributed by atoms with E-state index < -0.39 is 0 Å². The highest BCUT2D eigenvalue weighted by Gasteiger charge is 2.04. The molecule has 1 aromatic rings. The van der Waals surface area contributed by atoms with Gasteiger partial charge in [0.2, 0.25) is 0 Å². The van der Waals surface area contributed by atoms with E-state index in [9.17, 15) is 0 Å². The number of hydrogen-bond donors (Lipinski definition) is 1. The third-order valence-electron chi connectivity index (χ3n) is 2.60. The van der Waals surface area contributed by atoms with Gasteiger partial charge in [0, 0.05) is 25.5 Å². The topological polar surface area (TPSA) is 34.1 Å². The second-order valence-electron chi connectivity index (χ2n) is 3.92. The molecule has 0 fully saturated rings. The van der Waals surface area contributed by atoms with Gasteiger partial charge in [-0.25, -0.2) is 0 Å². The van der Waals surface area contributed by atoms with Gasteiger partial charge >= 0.3 is 0 Å². The molecule has 0 aliphatic carbocycles. The quantitative estimate of drug-likeness (QED) is 0.683. The Morgan fingerprint density at radius 3 is 2.75 bits per heavy atom. The minimum Gasteiger partial charge on any atom is -0.377 e. The van der Waals surface area contributed by atoms with Gasteiger partial charge in [0.05, 0.1) is 6.10 Å². The Hall–Kier alpha value is -0.930. The summed E-state index contributed by atoms with van der Waals surface area (Å²) in [5.74, 6) is 0. The highest BCUT2D eigenvalue weighted by molar-refractivity contribution is 5.09. The van der Waals surface area contributed by atoms with E-state index in [1.807, 2.05) is 19.4 Å². The lowest BCUT2D eigenvalue weighted by Crippen LogP contribution is -2.26. The molecule has 0 saturated heterocycles. The van der Waals surface area contributed by atoms with E-state index >= 15 is 0 Å². The van der Waals surface area contributed by atoms with Crippen LogP contribution in [0.5, 0.6) is 0 Å². The average molecular weight is 222 g/mol. The lowest BCUT2D eigenvalue weighted by atomic mass is 10.1. The molecule has 1 rings (SSSR count). The molecule has 16 heavy (non-hydrogen) atoms. The summed E-state index contributed by atoms with van der Waals surface area (Å²) in [5, 5.41) is 3.14. The van der Waals surface area contributed by atoms with Crippen molar-refractivity contribution >= 4 is 0 Å². The summed E-state index contributed by atoms with van der Waals surface area (Å²) in [6, 6.07) is 4.12. The molecule has 0 aromatic carbocycles.